The molecule has 7 amide bonds. The Morgan fingerprint density at radius 3 is 2.35 bits per heavy atom. The van der Waals surface area contributed by atoms with Crippen molar-refractivity contribution in [2.75, 3.05) is 39.5 Å². The summed E-state index contributed by atoms with van der Waals surface area (Å²) in [4.78, 5) is 102. The van der Waals surface area contributed by atoms with Gasteiger partial charge in [0.05, 0.1) is 12.4 Å². The molecule has 382 valence electrons. The summed E-state index contributed by atoms with van der Waals surface area (Å²) in [6, 6.07) is -0.883. The number of esters is 1. The number of hydrogen-bond acceptors (Lipinski definition) is 12. The van der Waals surface area contributed by atoms with Crippen molar-refractivity contribution in [1.29, 1.82) is 0 Å². The number of ether oxygens (including phenoxy) is 3. The molecular formula is C50H73ClN6O11S. The quantitative estimate of drug-likeness (QED) is 0.0233. The zero-order valence-electron chi connectivity index (χ0n) is 41.4. The molecule has 0 aromatic rings. The lowest BCUT2D eigenvalue weighted by Crippen LogP contribution is -2.52. The Morgan fingerprint density at radius 2 is 1.70 bits per heavy atom. The number of nitrogens with zero attached hydrogens (tertiary/aromatic N) is 1. The second kappa shape index (κ2) is 29.6. The molecule has 5 atom stereocenters. The number of carbonyl (C=O) groups excluding carboxylic acids is 8. The number of rotatable bonds is 25. The van der Waals surface area contributed by atoms with Crippen LogP contribution in [0.3, 0.4) is 0 Å². The van der Waals surface area contributed by atoms with Crippen molar-refractivity contribution in [2.45, 2.75) is 129 Å². The molecule has 0 spiro atoms. The molecule has 5 N–H and O–H groups in total. The van der Waals surface area contributed by atoms with Gasteiger partial charge in [-0.25, -0.2) is 9.59 Å². The molecule has 0 aromatic carbocycles. The van der Waals surface area contributed by atoms with E-state index in [0.717, 1.165) is 31.3 Å². The average molecular weight is 1000 g/mol. The second-order valence-electron chi connectivity index (χ2n) is 18.6. The van der Waals surface area contributed by atoms with Gasteiger partial charge in [0.15, 0.2) is 5.76 Å². The van der Waals surface area contributed by atoms with Crippen LogP contribution in [0.2, 0.25) is 0 Å². The number of halogens is 1. The molecule has 1 saturated carbocycles. The van der Waals surface area contributed by atoms with Gasteiger partial charge in [-0.2, -0.15) is 0 Å². The zero-order chi connectivity index (χ0) is 51.1. The number of cyclic esters (lactones) is 1. The van der Waals surface area contributed by atoms with Gasteiger partial charge in [0.2, 0.25) is 35.4 Å². The minimum atomic E-state index is -0.883. The van der Waals surface area contributed by atoms with Gasteiger partial charge in [0.1, 0.15) is 18.2 Å². The first-order valence-corrected chi connectivity index (χ1v) is 25.1. The van der Waals surface area contributed by atoms with Crippen LogP contribution in [-0.2, 0) is 47.8 Å². The van der Waals surface area contributed by atoms with Gasteiger partial charge in [-0.05, 0) is 69.6 Å². The summed E-state index contributed by atoms with van der Waals surface area (Å²) in [7, 11) is 3.06. The van der Waals surface area contributed by atoms with Crippen molar-refractivity contribution >= 4 is 70.9 Å². The van der Waals surface area contributed by atoms with Gasteiger partial charge in [0.25, 0.3) is 0 Å². The third-order valence-corrected chi connectivity index (χ3v) is 13.2. The number of nitrogens with one attached hydrogen (secondary N) is 5. The van der Waals surface area contributed by atoms with Gasteiger partial charge in [-0.1, -0.05) is 81.3 Å². The van der Waals surface area contributed by atoms with Gasteiger partial charge in [-0.3, -0.25) is 33.7 Å². The summed E-state index contributed by atoms with van der Waals surface area (Å²) in [5.41, 5.74) is 0.274. The lowest BCUT2D eigenvalue weighted by molar-refractivity contribution is -0.151. The molecule has 2 aliphatic heterocycles. The van der Waals surface area contributed by atoms with Crippen LogP contribution in [0.25, 0.3) is 0 Å². The van der Waals surface area contributed by atoms with E-state index in [2.05, 4.69) is 26.6 Å². The predicted molar refractivity (Wildman–Crippen MR) is 266 cm³/mol. The first kappa shape index (κ1) is 58.0. The van der Waals surface area contributed by atoms with E-state index < -0.39 is 46.7 Å². The normalized spacial score (nSPS) is 21.7. The highest BCUT2D eigenvalue weighted by atomic mass is 35.5. The lowest BCUT2D eigenvalue weighted by Gasteiger charge is -2.29. The number of imide groups is 1. The zero-order valence-corrected chi connectivity index (χ0v) is 42.9. The van der Waals surface area contributed by atoms with E-state index >= 15 is 0 Å². The third-order valence-electron chi connectivity index (χ3n) is 11.8. The number of carbonyl (C=O) groups is 8. The fourth-order valence-electron chi connectivity index (χ4n) is 7.89. The molecule has 3 rings (SSSR count). The van der Waals surface area contributed by atoms with Gasteiger partial charge < -0.3 is 40.8 Å². The smallest absolute Gasteiger partial charge is 0.407 e. The molecule has 3 aliphatic rings. The molecule has 17 nitrogen and oxygen atoms in total. The number of amides is 7. The Hall–Kier alpha value is -5.36. The first-order chi connectivity index (χ1) is 32.7. The number of allylic oxidation sites excluding steroid dienone is 5. The minimum absolute atomic E-state index is 0.0172. The van der Waals surface area contributed by atoms with Crippen molar-refractivity contribution in [3.63, 3.8) is 0 Å². The highest BCUT2D eigenvalue weighted by Crippen LogP contribution is 2.33. The fourth-order valence-corrected chi connectivity index (χ4v) is 9.10. The Labute approximate surface area is 416 Å². The molecule has 2 fully saturated rings. The molecule has 69 heavy (non-hydrogen) atoms. The van der Waals surface area contributed by atoms with Crippen LogP contribution in [-0.4, -0.2) is 115 Å². The maximum atomic E-state index is 13.3. The summed E-state index contributed by atoms with van der Waals surface area (Å²) in [5.74, 6) is -1.25. The standard InChI is InChI=1S/C50H73ClN6O11S/c1-32(29-33(2)38-22-23-39(66-8)48(64)68-38)13-9-10-15-42(59)56-44(50(4,5)6)46(62)54-25-11-14-37(21-16-34(3)51)67-49(65)55-27-12-26-53-41(58)24-28-69-40-30-43(60)57(47(40)63)31-35-17-19-36(20-18-35)45(61)52-7/h9-11,13,15-16,23,25,29,33,35-38,40,44H,12,14,17-22,24,26-28,30-31H2,1-8H3,(H,52,61)(H,53,58)(H,54,62)(H,55,65)(H,56,59)/b13-9-,15-10-,25-11-,32-29+,34-16+/t33-,35?,36?,37+,38-,40?,44+/m0/s1. The number of methoxy groups -OCH3 is 1. The van der Waals surface area contributed by atoms with Gasteiger partial charge >= 0.3 is 12.1 Å². The van der Waals surface area contributed by atoms with Crippen molar-refractivity contribution < 1.29 is 52.6 Å². The van der Waals surface area contributed by atoms with E-state index in [0.29, 0.717) is 43.1 Å². The minimum Gasteiger partial charge on any atom is -0.490 e. The summed E-state index contributed by atoms with van der Waals surface area (Å²) in [6.07, 6.45) is 18.3. The average Bonchev–Trinajstić information content (AvgIpc) is 3.56. The fraction of sp³-hybridized carbons (Fsp3) is 0.600. The van der Waals surface area contributed by atoms with E-state index in [1.165, 1.54) is 36.0 Å². The summed E-state index contributed by atoms with van der Waals surface area (Å²) in [6.45, 7) is 12.0. The molecule has 2 heterocycles. The topological polar surface area (TPSA) is 228 Å². The molecule has 0 aromatic heterocycles. The Morgan fingerprint density at radius 1 is 1.00 bits per heavy atom. The molecule has 0 radical (unpaired) electrons. The van der Waals surface area contributed by atoms with Crippen LogP contribution in [0.1, 0.15) is 106 Å². The number of thioether (sulfide) groups is 1. The molecule has 0 bridgehead atoms. The largest absolute Gasteiger partial charge is 0.490 e. The Bertz CT molecular complexity index is 2000. The maximum Gasteiger partial charge on any atom is 0.407 e. The maximum absolute atomic E-state index is 13.3. The molecule has 19 heteroatoms. The number of hydrogen-bond donors (Lipinski definition) is 5. The predicted octanol–water partition coefficient (Wildman–Crippen LogP) is 6.01. The van der Waals surface area contributed by atoms with E-state index in [9.17, 15) is 38.4 Å². The van der Waals surface area contributed by atoms with Crippen molar-refractivity contribution in [1.82, 2.24) is 31.5 Å². The van der Waals surface area contributed by atoms with Crippen molar-refractivity contribution in [3.8, 4) is 0 Å². The lowest BCUT2D eigenvalue weighted by atomic mass is 9.81. The Balaban J connectivity index is 1.35. The molecule has 1 saturated heterocycles. The summed E-state index contributed by atoms with van der Waals surface area (Å²) < 4.78 is 16.1. The molecular weight excluding hydrogens is 928 g/mol. The van der Waals surface area contributed by atoms with E-state index in [1.807, 2.05) is 46.8 Å². The SMILES string of the molecule is CNC(=O)C1CCC(CN2C(=O)CC(SCCC(=O)NCCCNC(=O)O[C@H](C/C=C\NC(=O)[C@@H](NC(=O)\C=C/C=C\C(C)=C\[C@H](C)[C@@H]3CC=C(OC)C(=O)O3)C(C)(C)C)C/C=C(\C)Cl)C2=O)CC1. The van der Waals surface area contributed by atoms with Crippen LogP contribution in [0.4, 0.5) is 4.79 Å². The van der Waals surface area contributed by atoms with E-state index in [1.54, 1.807) is 44.4 Å². The summed E-state index contributed by atoms with van der Waals surface area (Å²) >= 11 is 7.36. The number of alkyl carbamates (subject to hydrolysis) is 1. The molecule has 1 unspecified atom stereocenters. The first-order valence-electron chi connectivity index (χ1n) is 23.7. The highest BCUT2D eigenvalue weighted by molar-refractivity contribution is 8.00. The van der Waals surface area contributed by atoms with Gasteiger partial charge in [-0.15, -0.1) is 11.8 Å². The highest BCUT2D eigenvalue weighted by Gasteiger charge is 2.40. The van der Waals surface area contributed by atoms with Crippen LogP contribution >= 0.6 is 23.4 Å². The van der Waals surface area contributed by atoms with Crippen molar-refractivity contribution in [3.05, 3.63) is 71.2 Å². The van der Waals surface area contributed by atoms with Crippen molar-refractivity contribution in [2.24, 2.45) is 23.2 Å². The summed E-state index contributed by atoms with van der Waals surface area (Å²) in [5, 5.41) is 13.7. The Kier molecular flexibility index (Phi) is 24.9. The van der Waals surface area contributed by atoms with E-state index in [4.69, 9.17) is 25.8 Å². The van der Waals surface area contributed by atoms with E-state index in [-0.39, 0.29) is 79.1 Å². The van der Waals surface area contributed by atoms with Crippen LogP contribution in [0.5, 0.6) is 0 Å². The monoisotopic (exact) mass is 1000 g/mol. The second-order valence-corrected chi connectivity index (χ2v) is 20.5. The van der Waals surface area contributed by atoms with Crippen LogP contribution in [0, 0.1) is 23.2 Å². The van der Waals surface area contributed by atoms with Crippen LogP contribution < -0.4 is 26.6 Å². The third kappa shape index (κ3) is 21.0. The van der Waals surface area contributed by atoms with Gasteiger partial charge in [0, 0.05) is 87.5 Å². The number of likely N-dealkylation sites (tertiary alicyclic amines) is 1. The van der Waals surface area contributed by atoms with Crippen LogP contribution in [0.15, 0.2) is 71.2 Å². The molecule has 1 aliphatic carbocycles.